The summed E-state index contributed by atoms with van der Waals surface area (Å²) >= 11 is 0. The molecule has 6 nitrogen and oxygen atoms in total. The number of carbonyl (C=O) groups is 1. The Bertz CT molecular complexity index is 1190. The predicted molar refractivity (Wildman–Crippen MR) is 109 cm³/mol. The van der Waals surface area contributed by atoms with Crippen molar-refractivity contribution < 1.29 is 14.1 Å². The molecular formula is C23H17N3O3. The highest BCUT2D eigenvalue weighted by Crippen LogP contribution is 2.20. The maximum atomic E-state index is 12.1. The standard InChI is InChI=1S/C23H17N3O3/c27-23(21-16-22(29-26-21)18-7-2-1-3-8-18)25-12-4-5-14-28-19-11-10-17-9-6-13-24-20(17)15-19/h1-3,6-11,13,15-16H,12,14H2,(H,25,27). The minimum Gasteiger partial charge on any atom is -0.481 e. The van der Waals surface area contributed by atoms with Crippen molar-refractivity contribution in [2.24, 2.45) is 0 Å². The first-order valence-corrected chi connectivity index (χ1v) is 9.03. The highest BCUT2D eigenvalue weighted by Gasteiger charge is 2.12. The van der Waals surface area contributed by atoms with E-state index in [-0.39, 0.29) is 24.8 Å². The quantitative estimate of drug-likeness (QED) is 0.532. The number of carbonyl (C=O) groups excluding carboxylic acids is 1. The Labute approximate surface area is 167 Å². The van der Waals surface area contributed by atoms with E-state index in [0.717, 1.165) is 16.5 Å². The molecule has 0 radical (unpaired) electrons. The van der Waals surface area contributed by atoms with Crippen LogP contribution in [0.15, 0.2) is 77.4 Å². The Hall–Kier alpha value is -4.11. The average Bonchev–Trinajstić information content (AvgIpc) is 3.27. The molecule has 142 valence electrons. The molecule has 6 heteroatoms. The van der Waals surface area contributed by atoms with E-state index in [9.17, 15) is 4.79 Å². The van der Waals surface area contributed by atoms with Crippen LogP contribution in [0.2, 0.25) is 0 Å². The molecule has 0 spiro atoms. The Morgan fingerprint density at radius 1 is 1.03 bits per heavy atom. The lowest BCUT2D eigenvalue weighted by Gasteiger charge is -2.03. The minimum atomic E-state index is -0.341. The number of hydrogen-bond acceptors (Lipinski definition) is 5. The van der Waals surface area contributed by atoms with E-state index >= 15 is 0 Å². The fourth-order valence-electron chi connectivity index (χ4n) is 2.70. The van der Waals surface area contributed by atoms with Gasteiger partial charge >= 0.3 is 0 Å². The number of amides is 1. The maximum absolute atomic E-state index is 12.1. The highest BCUT2D eigenvalue weighted by atomic mass is 16.5. The number of rotatable bonds is 5. The first kappa shape index (κ1) is 18.3. The van der Waals surface area contributed by atoms with Crippen LogP contribution in [-0.4, -0.2) is 29.2 Å². The molecule has 2 aromatic carbocycles. The third-order valence-corrected chi connectivity index (χ3v) is 4.15. The summed E-state index contributed by atoms with van der Waals surface area (Å²) in [5, 5.41) is 7.54. The zero-order valence-corrected chi connectivity index (χ0v) is 15.5. The molecule has 0 saturated heterocycles. The summed E-state index contributed by atoms with van der Waals surface area (Å²) in [6, 6.07) is 20.7. The highest BCUT2D eigenvalue weighted by molar-refractivity contribution is 5.93. The van der Waals surface area contributed by atoms with Gasteiger partial charge in [0.15, 0.2) is 11.5 Å². The van der Waals surface area contributed by atoms with E-state index in [4.69, 9.17) is 9.26 Å². The molecule has 2 aromatic heterocycles. The van der Waals surface area contributed by atoms with Crippen LogP contribution < -0.4 is 10.1 Å². The fraction of sp³-hybridized carbons (Fsp3) is 0.0870. The van der Waals surface area contributed by atoms with Gasteiger partial charge in [-0.15, -0.1) is 0 Å². The molecule has 1 amide bonds. The Balaban J connectivity index is 1.25. The number of aromatic nitrogens is 2. The second kappa shape index (κ2) is 8.72. The smallest absolute Gasteiger partial charge is 0.274 e. The molecule has 1 N–H and O–H groups in total. The number of hydrogen-bond donors (Lipinski definition) is 1. The zero-order valence-electron chi connectivity index (χ0n) is 15.5. The van der Waals surface area contributed by atoms with Crippen LogP contribution in [0.4, 0.5) is 0 Å². The van der Waals surface area contributed by atoms with Gasteiger partial charge in [0.1, 0.15) is 12.4 Å². The lowest BCUT2D eigenvalue weighted by atomic mass is 10.1. The number of ether oxygens (including phenoxy) is 1. The fourth-order valence-corrected chi connectivity index (χ4v) is 2.70. The minimum absolute atomic E-state index is 0.189. The molecule has 29 heavy (non-hydrogen) atoms. The largest absolute Gasteiger partial charge is 0.481 e. The first-order chi connectivity index (χ1) is 14.3. The van der Waals surface area contributed by atoms with Gasteiger partial charge in [0.2, 0.25) is 0 Å². The van der Waals surface area contributed by atoms with Gasteiger partial charge in [0.25, 0.3) is 5.91 Å². The Morgan fingerprint density at radius 2 is 1.93 bits per heavy atom. The van der Waals surface area contributed by atoms with Gasteiger partial charge in [-0.1, -0.05) is 53.4 Å². The van der Waals surface area contributed by atoms with Gasteiger partial charge in [-0.2, -0.15) is 0 Å². The second-order valence-electron chi connectivity index (χ2n) is 6.13. The van der Waals surface area contributed by atoms with Crippen LogP contribution in [0.3, 0.4) is 0 Å². The molecule has 0 aliphatic carbocycles. The van der Waals surface area contributed by atoms with Crippen molar-refractivity contribution in [3.05, 3.63) is 78.6 Å². The molecule has 0 saturated carbocycles. The van der Waals surface area contributed by atoms with Gasteiger partial charge in [-0.3, -0.25) is 9.78 Å². The second-order valence-corrected chi connectivity index (χ2v) is 6.13. The van der Waals surface area contributed by atoms with Crippen LogP contribution in [0.25, 0.3) is 22.2 Å². The van der Waals surface area contributed by atoms with Crippen molar-refractivity contribution >= 4 is 16.8 Å². The topological polar surface area (TPSA) is 77.2 Å². The lowest BCUT2D eigenvalue weighted by Crippen LogP contribution is -2.23. The normalized spacial score (nSPS) is 10.2. The van der Waals surface area contributed by atoms with Crippen molar-refractivity contribution in [2.45, 2.75) is 0 Å². The van der Waals surface area contributed by atoms with Crippen molar-refractivity contribution in [3.8, 4) is 28.9 Å². The van der Waals surface area contributed by atoms with E-state index in [0.29, 0.717) is 11.5 Å². The van der Waals surface area contributed by atoms with Gasteiger partial charge in [0, 0.05) is 29.3 Å². The van der Waals surface area contributed by atoms with Gasteiger partial charge < -0.3 is 14.6 Å². The number of pyridine rings is 1. The monoisotopic (exact) mass is 383 g/mol. The molecule has 4 rings (SSSR count). The van der Waals surface area contributed by atoms with Crippen molar-refractivity contribution in [1.82, 2.24) is 15.5 Å². The molecule has 0 atom stereocenters. The molecule has 4 aromatic rings. The number of nitrogens with zero attached hydrogens (tertiary/aromatic N) is 2. The summed E-state index contributed by atoms with van der Waals surface area (Å²) in [5.74, 6) is 6.62. The summed E-state index contributed by atoms with van der Waals surface area (Å²) in [6.07, 6.45) is 1.74. The van der Waals surface area contributed by atoms with Crippen molar-refractivity contribution in [2.75, 3.05) is 13.2 Å². The molecule has 0 aliphatic heterocycles. The summed E-state index contributed by atoms with van der Waals surface area (Å²) in [7, 11) is 0. The number of fused-ring (bicyclic) bond motifs is 1. The molecular weight excluding hydrogens is 366 g/mol. The van der Waals surface area contributed by atoms with Crippen LogP contribution in [0.1, 0.15) is 10.5 Å². The van der Waals surface area contributed by atoms with Crippen LogP contribution in [0, 0.1) is 11.8 Å². The lowest BCUT2D eigenvalue weighted by molar-refractivity contribution is 0.0949. The molecule has 0 aliphatic rings. The van der Waals surface area contributed by atoms with E-state index in [2.05, 4.69) is 27.3 Å². The molecule has 0 fully saturated rings. The van der Waals surface area contributed by atoms with E-state index in [1.54, 1.807) is 12.3 Å². The van der Waals surface area contributed by atoms with E-state index in [1.807, 2.05) is 60.7 Å². The van der Waals surface area contributed by atoms with E-state index < -0.39 is 0 Å². The Morgan fingerprint density at radius 3 is 2.83 bits per heavy atom. The molecule has 0 bridgehead atoms. The predicted octanol–water partition coefficient (Wildman–Crippen LogP) is 3.70. The number of benzene rings is 2. The van der Waals surface area contributed by atoms with Crippen LogP contribution in [0.5, 0.6) is 5.75 Å². The third-order valence-electron chi connectivity index (χ3n) is 4.15. The third kappa shape index (κ3) is 4.60. The SMILES string of the molecule is O=C(NCC#CCOc1ccc2cccnc2c1)c1cc(-c2ccccc2)on1. The molecule has 2 heterocycles. The van der Waals surface area contributed by atoms with E-state index in [1.165, 1.54) is 0 Å². The Kier molecular flexibility index (Phi) is 5.49. The summed E-state index contributed by atoms with van der Waals surface area (Å²) < 4.78 is 10.8. The van der Waals surface area contributed by atoms with Gasteiger partial charge in [-0.25, -0.2) is 0 Å². The van der Waals surface area contributed by atoms with Crippen molar-refractivity contribution in [3.63, 3.8) is 0 Å². The number of nitrogens with one attached hydrogen (secondary N) is 1. The summed E-state index contributed by atoms with van der Waals surface area (Å²) in [6.45, 7) is 0.408. The summed E-state index contributed by atoms with van der Waals surface area (Å²) in [5.41, 5.74) is 1.94. The van der Waals surface area contributed by atoms with Crippen molar-refractivity contribution in [1.29, 1.82) is 0 Å². The van der Waals surface area contributed by atoms with Gasteiger partial charge in [0.05, 0.1) is 12.1 Å². The van der Waals surface area contributed by atoms with Crippen LogP contribution in [-0.2, 0) is 0 Å². The van der Waals surface area contributed by atoms with Gasteiger partial charge in [-0.05, 0) is 18.2 Å². The first-order valence-electron chi connectivity index (χ1n) is 9.03. The zero-order chi connectivity index (χ0) is 19.9. The molecule has 0 unspecified atom stereocenters. The summed E-state index contributed by atoms with van der Waals surface area (Å²) in [4.78, 5) is 16.4. The maximum Gasteiger partial charge on any atom is 0.274 e. The van der Waals surface area contributed by atoms with Crippen LogP contribution >= 0.6 is 0 Å². The average molecular weight is 383 g/mol.